The van der Waals surface area contributed by atoms with E-state index in [9.17, 15) is 0 Å². The van der Waals surface area contributed by atoms with Crippen LogP contribution in [0.1, 0.15) is 12.6 Å². The largest absolute Gasteiger partial charge is 0.310 e. The van der Waals surface area contributed by atoms with Crippen molar-refractivity contribution in [3.63, 3.8) is 0 Å². The molecule has 1 heterocycles. The zero-order chi connectivity index (χ0) is 11.4. The summed E-state index contributed by atoms with van der Waals surface area (Å²) in [7, 11) is 0. The number of aromatic nitrogens is 2. The molecule has 3 nitrogen and oxygen atoms in total. The molecule has 0 aliphatic heterocycles. The highest BCUT2D eigenvalue weighted by molar-refractivity contribution is 6.18. The number of hydrogen-bond acceptors (Lipinski definition) is 2. The normalized spacial score (nSPS) is 11.1. The smallest absolute Gasteiger partial charge is 0.0841 e. The van der Waals surface area contributed by atoms with E-state index in [1.807, 2.05) is 10.7 Å². The molecule has 0 aliphatic rings. The number of nitrogens with one attached hydrogen (secondary N) is 1. The van der Waals surface area contributed by atoms with Crippen molar-refractivity contribution in [2.24, 2.45) is 0 Å². The summed E-state index contributed by atoms with van der Waals surface area (Å²) in [5.74, 6) is 0.631. The number of benzene rings is 1. The average Bonchev–Trinajstić information content (AvgIpc) is 2.68. The number of hydrogen-bond donors (Lipinski definition) is 1. The van der Waals surface area contributed by atoms with Crippen molar-refractivity contribution in [2.45, 2.75) is 20.0 Å². The summed E-state index contributed by atoms with van der Waals surface area (Å²) in [6.07, 6.45) is 0. The van der Waals surface area contributed by atoms with Crippen molar-refractivity contribution >= 4 is 22.5 Å². The van der Waals surface area contributed by atoms with Crippen LogP contribution >= 0.6 is 11.6 Å². The Bertz CT molecular complexity index is 464. The highest BCUT2D eigenvalue weighted by atomic mass is 35.5. The second-order valence-electron chi connectivity index (χ2n) is 3.65. The van der Waals surface area contributed by atoms with E-state index in [0.717, 1.165) is 25.3 Å². The number of halogens is 1. The first-order chi connectivity index (χ1) is 7.86. The SMILES string of the molecule is CCn1nc(CNCCCl)c2ccccc21. The molecule has 1 aromatic heterocycles. The standard InChI is InChI=1S/C12H16ClN3/c1-2-16-12-6-4-3-5-10(12)11(15-16)9-14-8-7-13/h3-6,14H,2,7-9H2,1H3. The highest BCUT2D eigenvalue weighted by Crippen LogP contribution is 2.17. The van der Waals surface area contributed by atoms with Crippen molar-refractivity contribution in [3.05, 3.63) is 30.0 Å². The molecule has 86 valence electrons. The van der Waals surface area contributed by atoms with E-state index in [4.69, 9.17) is 11.6 Å². The molecule has 0 atom stereocenters. The maximum absolute atomic E-state index is 5.63. The zero-order valence-corrected chi connectivity index (χ0v) is 10.2. The molecule has 0 aliphatic carbocycles. The lowest BCUT2D eigenvalue weighted by Crippen LogP contribution is -2.16. The van der Waals surface area contributed by atoms with Gasteiger partial charge in [-0.15, -0.1) is 11.6 Å². The molecule has 4 heteroatoms. The molecule has 16 heavy (non-hydrogen) atoms. The van der Waals surface area contributed by atoms with Gasteiger partial charge in [0.1, 0.15) is 0 Å². The summed E-state index contributed by atoms with van der Waals surface area (Å²) in [5, 5.41) is 9.09. The van der Waals surface area contributed by atoms with Gasteiger partial charge in [0.25, 0.3) is 0 Å². The molecular weight excluding hydrogens is 222 g/mol. The van der Waals surface area contributed by atoms with Gasteiger partial charge in [-0.2, -0.15) is 5.10 Å². The van der Waals surface area contributed by atoms with Gasteiger partial charge in [0, 0.05) is 30.9 Å². The van der Waals surface area contributed by atoms with Crippen molar-refractivity contribution in [1.29, 1.82) is 0 Å². The quantitative estimate of drug-likeness (QED) is 0.639. The van der Waals surface area contributed by atoms with Gasteiger partial charge in [0.2, 0.25) is 0 Å². The van der Waals surface area contributed by atoms with Crippen molar-refractivity contribution in [3.8, 4) is 0 Å². The third-order valence-electron chi connectivity index (χ3n) is 2.60. The van der Waals surface area contributed by atoms with Gasteiger partial charge in [-0.25, -0.2) is 0 Å². The minimum atomic E-state index is 0.631. The summed E-state index contributed by atoms with van der Waals surface area (Å²) in [5.41, 5.74) is 2.30. The van der Waals surface area contributed by atoms with Gasteiger partial charge in [0.15, 0.2) is 0 Å². The number of para-hydroxylation sites is 1. The third-order valence-corrected chi connectivity index (χ3v) is 2.79. The van der Waals surface area contributed by atoms with Gasteiger partial charge in [0.05, 0.1) is 11.2 Å². The van der Waals surface area contributed by atoms with E-state index in [-0.39, 0.29) is 0 Å². The number of alkyl halides is 1. The van der Waals surface area contributed by atoms with Crippen LogP contribution in [0.15, 0.2) is 24.3 Å². The molecule has 1 N–H and O–H groups in total. The molecule has 0 saturated heterocycles. The molecular formula is C12H16ClN3. The van der Waals surface area contributed by atoms with E-state index in [0.29, 0.717) is 5.88 Å². The van der Waals surface area contributed by atoms with Crippen LogP contribution in [-0.4, -0.2) is 22.2 Å². The van der Waals surface area contributed by atoms with E-state index < -0.39 is 0 Å². The lowest BCUT2D eigenvalue weighted by molar-refractivity contribution is 0.643. The molecule has 0 amide bonds. The van der Waals surface area contributed by atoms with Crippen LogP contribution in [0, 0.1) is 0 Å². The molecule has 0 fully saturated rings. The van der Waals surface area contributed by atoms with Gasteiger partial charge in [-0.1, -0.05) is 18.2 Å². The molecule has 2 rings (SSSR count). The van der Waals surface area contributed by atoms with E-state index in [1.54, 1.807) is 0 Å². The van der Waals surface area contributed by atoms with Crippen molar-refractivity contribution in [1.82, 2.24) is 15.1 Å². The maximum Gasteiger partial charge on any atom is 0.0841 e. The van der Waals surface area contributed by atoms with Crippen LogP contribution in [0.5, 0.6) is 0 Å². The molecule has 1 aromatic carbocycles. The first-order valence-electron chi connectivity index (χ1n) is 5.58. The second kappa shape index (κ2) is 5.32. The fourth-order valence-electron chi connectivity index (χ4n) is 1.84. The van der Waals surface area contributed by atoms with E-state index >= 15 is 0 Å². The Labute approximate surface area is 100 Å². The lowest BCUT2D eigenvalue weighted by Gasteiger charge is -1.98. The number of fused-ring (bicyclic) bond motifs is 1. The summed E-state index contributed by atoms with van der Waals surface area (Å²) >= 11 is 5.63. The average molecular weight is 238 g/mol. The highest BCUT2D eigenvalue weighted by Gasteiger charge is 2.07. The Balaban J connectivity index is 2.30. The van der Waals surface area contributed by atoms with Gasteiger partial charge in [-0.05, 0) is 13.0 Å². The van der Waals surface area contributed by atoms with Crippen molar-refractivity contribution in [2.75, 3.05) is 12.4 Å². The first kappa shape index (κ1) is 11.4. The molecule has 2 aromatic rings. The van der Waals surface area contributed by atoms with Crippen LogP contribution in [0.25, 0.3) is 10.9 Å². The lowest BCUT2D eigenvalue weighted by atomic mass is 10.2. The van der Waals surface area contributed by atoms with Crippen LogP contribution in [-0.2, 0) is 13.1 Å². The summed E-state index contributed by atoms with van der Waals surface area (Å²) in [6, 6.07) is 8.32. The van der Waals surface area contributed by atoms with E-state index in [2.05, 4.69) is 35.5 Å². The van der Waals surface area contributed by atoms with E-state index in [1.165, 1.54) is 10.9 Å². The van der Waals surface area contributed by atoms with Gasteiger partial charge in [-0.3, -0.25) is 4.68 Å². The topological polar surface area (TPSA) is 29.9 Å². The first-order valence-corrected chi connectivity index (χ1v) is 6.11. The van der Waals surface area contributed by atoms with Crippen molar-refractivity contribution < 1.29 is 0 Å². The maximum atomic E-state index is 5.63. The Hall–Kier alpha value is -1.06. The fraction of sp³-hybridized carbons (Fsp3) is 0.417. The second-order valence-corrected chi connectivity index (χ2v) is 4.02. The summed E-state index contributed by atoms with van der Waals surface area (Å²) < 4.78 is 2.03. The van der Waals surface area contributed by atoms with Crippen LogP contribution in [0.2, 0.25) is 0 Å². The minimum absolute atomic E-state index is 0.631. The van der Waals surface area contributed by atoms with Crippen LogP contribution in [0.4, 0.5) is 0 Å². The Kier molecular flexibility index (Phi) is 3.80. The Morgan fingerprint density at radius 2 is 2.19 bits per heavy atom. The Morgan fingerprint density at radius 1 is 1.38 bits per heavy atom. The molecule has 0 spiro atoms. The van der Waals surface area contributed by atoms with Gasteiger partial charge < -0.3 is 5.32 Å². The number of aryl methyl sites for hydroxylation is 1. The summed E-state index contributed by atoms with van der Waals surface area (Å²) in [6.45, 7) is 4.60. The molecule has 0 unspecified atom stereocenters. The monoisotopic (exact) mass is 237 g/mol. The predicted molar refractivity (Wildman–Crippen MR) is 67.8 cm³/mol. The predicted octanol–water partition coefficient (Wildman–Crippen LogP) is 2.38. The molecule has 0 radical (unpaired) electrons. The fourth-order valence-corrected chi connectivity index (χ4v) is 1.98. The summed E-state index contributed by atoms with van der Waals surface area (Å²) in [4.78, 5) is 0. The van der Waals surface area contributed by atoms with Crippen LogP contribution < -0.4 is 5.32 Å². The third kappa shape index (κ3) is 2.20. The van der Waals surface area contributed by atoms with Gasteiger partial charge >= 0.3 is 0 Å². The zero-order valence-electron chi connectivity index (χ0n) is 9.41. The number of nitrogens with zero attached hydrogens (tertiary/aromatic N) is 2. The molecule has 0 saturated carbocycles. The molecule has 0 bridgehead atoms. The van der Waals surface area contributed by atoms with Crippen LogP contribution in [0.3, 0.4) is 0 Å². The number of rotatable bonds is 5. The Morgan fingerprint density at radius 3 is 2.94 bits per heavy atom. The minimum Gasteiger partial charge on any atom is -0.310 e.